The highest BCUT2D eigenvalue weighted by molar-refractivity contribution is 5.17. The summed E-state index contributed by atoms with van der Waals surface area (Å²) < 4.78 is 0. The van der Waals surface area contributed by atoms with Crippen LogP contribution in [0, 0.1) is 5.92 Å². The van der Waals surface area contributed by atoms with E-state index in [2.05, 4.69) is 91.0 Å². The van der Waals surface area contributed by atoms with Crippen molar-refractivity contribution in [3.63, 3.8) is 0 Å². The van der Waals surface area contributed by atoms with E-state index in [0.29, 0.717) is 0 Å². The molecule has 0 unspecified atom stereocenters. The smallest absolute Gasteiger partial charge is 0.0237 e. The van der Waals surface area contributed by atoms with E-state index in [1.165, 1.54) is 68.1 Å². The van der Waals surface area contributed by atoms with Gasteiger partial charge in [-0.1, -0.05) is 91.0 Å². The number of benzene rings is 3. The Morgan fingerprint density at radius 2 is 0.778 bits per heavy atom. The number of hydrogen-bond donors (Lipinski definition) is 0. The van der Waals surface area contributed by atoms with E-state index in [4.69, 9.17) is 0 Å². The maximum atomic E-state index is 2.26. The molecule has 0 heterocycles. The summed E-state index contributed by atoms with van der Waals surface area (Å²) in [4.78, 5) is 0. The van der Waals surface area contributed by atoms with E-state index in [9.17, 15) is 0 Å². The fraction of sp³-hybridized carbons (Fsp3) is 0.296. The molecule has 3 aromatic carbocycles. The van der Waals surface area contributed by atoms with E-state index < -0.39 is 0 Å². The van der Waals surface area contributed by atoms with Crippen molar-refractivity contribution in [3.8, 4) is 0 Å². The predicted molar refractivity (Wildman–Crippen MR) is 117 cm³/mol. The molecule has 3 aromatic rings. The van der Waals surface area contributed by atoms with Crippen molar-refractivity contribution >= 4 is 0 Å². The lowest BCUT2D eigenvalue weighted by Gasteiger charge is -2.17. The van der Waals surface area contributed by atoms with Crippen molar-refractivity contribution in [2.75, 3.05) is 0 Å². The standard InChI is InChI=1S/C27H31/c1-4-12-24(13-5-1)18-10-20-27(23-22-26-16-8-3-9-17-26)21-11-19-25-14-6-2-7-15-25/h1-9,12-17H,10-11,18-23H2. The van der Waals surface area contributed by atoms with Crippen LogP contribution in [0.15, 0.2) is 91.0 Å². The van der Waals surface area contributed by atoms with Crippen LogP contribution in [0.1, 0.15) is 48.8 Å². The van der Waals surface area contributed by atoms with Crippen LogP contribution in [0.4, 0.5) is 0 Å². The molecule has 0 fully saturated rings. The first-order chi connectivity index (χ1) is 13.4. The molecule has 0 saturated heterocycles. The molecule has 0 aliphatic carbocycles. The highest BCUT2D eigenvalue weighted by atomic mass is 14.2. The SMILES string of the molecule is c1ccc(CCC[C](CCCc2ccccc2)CCc2ccccc2)cc1. The Labute approximate surface area is 165 Å². The third kappa shape index (κ3) is 7.43. The van der Waals surface area contributed by atoms with Crippen LogP contribution in [-0.4, -0.2) is 0 Å². The zero-order valence-electron chi connectivity index (χ0n) is 16.3. The summed E-state index contributed by atoms with van der Waals surface area (Å²) >= 11 is 0. The molecule has 0 heteroatoms. The van der Waals surface area contributed by atoms with Crippen LogP contribution >= 0.6 is 0 Å². The summed E-state index contributed by atoms with van der Waals surface area (Å²) in [5, 5.41) is 0. The number of hydrogen-bond acceptors (Lipinski definition) is 0. The molecule has 0 aromatic heterocycles. The summed E-state index contributed by atoms with van der Waals surface area (Å²) in [6, 6.07) is 32.7. The van der Waals surface area contributed by atoms with Gasteiger partial charge in [0.25, 0.3) is 0 Å². The summed E-state index contributed by atoms with van der Waals surface area (Å²) in [7, 11) is 0. The topological polar surface area (TPSA) is 0 Å². The molecule has 27 heavy (non-hydrogen) atoms. The number of aryl methyl sites for hydroxylation is 3. The van der Waals surface area contributed by atoms with Crippen LogP contribution in [0.2, 0.25) is 0 Å². The Morgan fingerprint density at radius 3 is 1.19 bits per heavy atom. The van der Waals surface area contributed by atoms with Gasteiger partial charge >= 0.3 is 0 Å². The van der Waals surface area contributed by atoms with Crippen LogP contribution < -0.4 is 0 Å². The van der Waals surface area contributed by atoms with Gasteiger partial charge in [-0.25, -0.2) is 0 Å². The Balaban J connectivity index is 1.47. The van der Waals surface area contributed by atoms with Crippen molar-refractivity contribution in [1.82, 2.24) is 0 Å². The van der Waals surface area contributed by atoms with E-state index in [1.54, 1.807) is 5.92 Å². The third-order valence-electron chi connectivity index (χ3n) is 5.29. The largest absolute Gasteiger partial charge is 0.0622 e. The molecular formula is C27H31. The molecule has 3 rings (SSSR count). The molecule has 0 nitrogen and oxygen atoms in total. The second-order valence-corrected chi connectivity index (χ2v) is 7.41. The van der Waals surface area contributed by atoms with Crippen molar-refractivity contribution in [2.45, 2.75) is 51.4 Å². The van der Waals surface area contributed by atoms with Crippen LogP contribution in [0.5, 0.6) is 0 Å². The molecule has 0 atom stereocenters. The fourth-order valence-electron chi connectivity index (χ4n) is 3.72. The van der Waals surface area contributed by atoms with Gasteiger partial charge in [-0.15, -0.1) is 0 Å². The third-order valence-corrected chi connectivity index (χ3v) is 5.29. The normalized spacial score (nSPS) is 11.0. The predicted octanol–water partition coefficient (Wildman–Crippen LogP) is 7.24. The van der Waals surface area contributed by atoms with Gasteiger partial charge < -0.3 is 0 Å². The van der Waals surface area contributed by atoms with Gasteiger partial charge in [0, 0.05) is 0 Å². The maximum absolute atomic E-state index is 2.26. The lowest BCUT2D eigenvalue weighted by Crippen LogP contribution is -2.03. The van der Waals surface area contributed by atoms with Crippen molar-refractivity contribution < 1.29 is 0 Å². The van der Waals surface area contributed by atoms with Crippen LogP contribution in [0.25, 0.3) is 0 Å². The Hall–Kier alpha value is -2.34. The maximum Gasteiger partial charge on any atom is -0.0237 e. The molecular weight excluding hydrogens is 324 g/mol. The lowest BCUT2D eigenvalue weighted by atomic mass is 9.88. The second kappa shape index (κ2) is 11.4. The molecule has 0 aliphatic heterocycles. The summed E-state index contributed by atoms with van der Waals surface area (Å²) in [5.41, 5.74) is 4.38. The molecule has 139 valence electrons. The van der Waals surface area contributed by atoms with Crippen LogP contribution in [0.3, 0.4) is 0 Å². The van der Waals surface area contributed by atoms with Crippen molar-refractivity contribution in [1.29, 1.82) is 0 Å². The Bertz CT molecular complexity index is 685. The molecule has 0 spiro atoms. The minimum atomic E-state index is 1.17. The van der Waals surface area contributed by atoms with Crippen LogP contribution in [-0.2, 0) is 19.3 Å². The monoisotopic (exact) mass is 355 g/mol. The summed E-state index contributed by atoms with van der Waals surface area (Å²) in [6.45, 7) is 0. The van der Waals surface area contributed by atoms with Gasteiger partial charge in [-0.2, -0.15) is 0 Å². The average Bonchev–Trinajstić information content (AvgIpc) is 2.74. The van der Waals surface area contributed by atoms with E-state index in [-0.39, 0.29) is 0 Å². The number of rotatable bonds is 11. The van der Waals surface area contributed by atoms with Gasteiger partial charge in [0.15, 0.2) is 0 Å². The zero-order valence-corrected chi connectivity index (χ0v) is 16.3. The van der Waals surface area contributed by atoms with Gasteiger partial charge in [-0.3, -0.25) is 0 Å². The Morgan fingerprint density at radius 1 is 0.407 bits per heavy atom. The van der Waals surface area contributed by atoms with Gasteiger partial charge in [0.2, 0.25) is 0 Å². The minimum Gasteiger partial charge on any atom is -0.0622 e. The van der Waals surface area contributed by atoms with Gasteiger partial charge in [0.1, 0.15) is 0 Å². The first kappa shape index (κ1) is 19.4. The van der Waals surface area contributed by atoms with Gasteiger partial charge in [0.05, 0.1) is 0 Å². The summed E-state index contributed by atoms with van der Waals surface area (Å²) in [5.74, 6) is 1.74. The zero-order chi connectivity index (χ0) is 18.6. The van der Waals surface area contributed by atoms with E-state index in [0.717, 1.165) is 0 Å². The highest BCUT2D eigenvalue weighted by Crippen LogP contribution is 2.24. The molecule has 1 radical (unpaired) electrons. The molecule has 0 bridgehead atoms. The summed E-state index contributed by atoms with van der Waals surface area (Å²) in [6.07, 6.45) is 9.83. The highest BCUT2D eigenvalue weighted by Gasteiger charge is 2.10. The van der Waals surface area contributed by atoms with E-state index >= 15 is 0 Å². The molecule has 0 N–H and O–H groups in total. The van der Waals surface area contributed by atoms with Gasteiger partial charge in [-0.05, 0) is 74.0 Å². The quantitative estimate of drug-likeness (QED) is 0.340. The van der Waals surface area contributed by atoms with E-state index in [1.807, 2.05) is 0 Å². The average molecular weight is 356 g/mol. The molecule has 0 amide bonds. The first-order valence-electron chi connectivity index (χ1n) is 10.4. The lowest BCUT2D eigenvalue weighted by molar-refractivity contribution is 0.597. The van der Waals surface area contributed by atoms with Crippen molar-refractivity contribution in [3.05, 3.63) is 114 Å². The minimum absolute atomic E-state index is 1.17. The second-order valence-electron chi connectivity index (χ2n) is 7.41. The fourth-order valence-corrected chi connectivity index (χ4v) is 3.72. The Kier molecular flexibility index (Phi) is 8.19. The molecule has 0 aliphatic rings. The van der Waals surface area contributed by atoms with Crippen molar-refractivity contribution in [2.24, 2.45) is 0 Å². The first-order valence-corrected chi connectivity index (χ1v) is 10.4. The molecule has 0 saturated carbocycles.